The molecule has 1 aliphatic heterocycles. The third-order valence-corrected chi connectivity index (χ3v) is 4.69. The summed E-state index contributed by atoms with van der Waals surface area (Å²) in [5, 5.41) is 0. The van der Waals surface area contributed by atoms with Crippen molar-refractivity contribution >= 4 is 0 Å². The van der Waals surface area contributed by atoms with Gasteiger partial charge in [0.05, 0.1) is 0 Å². The largest absolute Gasteiger partial charge is 0.490 e. The van der Waals surface area contributed by atoms with E-state index in [1.165, 1.54) is 0 Å². The molecule has 0 bridgehead atoms. The highest BCUT2D eigenvalue weighted by Crippen LogP contribution is 2.34. The number of benzene rings is 1. The number of piperidine rings is 1. The second kappa shape index (κ2) is 5.72. The Hall–Kier alpha value is -1.09. The standard InChI is InChI=1S/C17H24FNO/c1-12(2)19-10-8-13(9-11-19)20-17-7-6-16(18)14-4-3-5-15(14)17/h6-7,12-13H,3-5,8-11H2,1-2H3. The van der Waals surface area contributed by atoms with Crippen LogP contribution in [0, 0.1) is 5.82 Å². The third-order valence-electron chi connectivity index (χ3n) is 4.69. The van der Waals surface area contributed by atoms with Gasteiger partial charge in [-0.05, 0) is 63.6 Å². The first-order chi connectivity index (χ1) is 9.65. The van der Waals surface area contributed by atoms with E-state index in [4.69, 9.17) is 4.74 Å². The van der Waals surface area contributed by atoms with E-state index in [1.54, 1.807) is 6.07 Å². The van der Waals surface area contributed by atoms with Crippen LogP contribution >= 0.6 is 0 Å². The van der Waals surface area contributed by atoms with E-state index in [0.29, 0.717) is 12.1 Å². The highest BCUT2D eigenvalue weighted by Gasteiger charge is 2.25. The van der Waals surface area contributed by atoms with Crippen LogP contribution in [0.25, 0.3) is 0 Å². The lowest BCUT2D eigenvalue weighted by Gasteiger charge is -2.34. The molecule has 0 saturated carbocycles. The molecule has 3 heteroatoms. The first-order valence-corrected chi connectivity index (χ1v) is 7.86. The summed E-state index contributed by atoms with van der Waals surface area (Å²) in [7, 11) is 0. The van der Waals surface area contributed by atoms with Crippen LogP contribution in [-0.2, 0) is 12.8 Å². The number of hydrogen-bond donors (Lipinski definition) is 0. The maximum absolute atomic E-state index is 13.7. The van der Waals surface area contributed by atoms with Crippen molar-refractivity contribution in [3.8, 4) is 5.75 Å². The Bertz CT molecular complexity index is 478. The van der Waals surface area contributed by atoms with Crippen LogP contribution < -0.4 is 4.74 Å². The molecular weight excluding hydrogens is 253 g/mol. The van der Waals surface area contributed by atoms with E-state index in [1.807, 2.05) is 6.07 Å². The molecular formula is C17H24FNO. The van der Waals surface area contributed by atoms with E-state index in [0.717, 1.165) is 62.1 Å². The Morgan fingerprint density at radius 3 is 2.55 bits per heavy atom. The van der Waals surface area contributed by atoms with Crippen molar-refractivity contribution in [2.24, 2.45) is 0 Å². The summed E-state index contributed by atoms with van der Waals surface area (Å²) >= 11 is 0. The Labute approximate surface area is 120 Å². The Morgan fingerprint density at radius 2 is 1.85 bits per heavy atom. The van der Waals surface area contributed by atoms with Crippen LogP contribution in [0.3, 0.4) is 0 Å². The highest BCUT2D eigenvalue weighted by atomic mass is 19.1. The minimum absolute atomic E-state index is 0.0560. The predicted octanol–water partition coefficient (Wildman–Crippen LogP) is 3.57. The van der Waals surface area contributed by atoms with Gasteiger partial charge in [-0.2, -0.15) is 0 Å². The highest BCUT2D eigenvalue weighted by molar-refractivity contribution is 5.44. The normalized spacial score (nSPS) is 20.4. The molecule has 0 aromatic heterocycles. The zero-order valence-electron chi connectivity index (χ0n) is 12.5. The molecule has 2 aliphatic rings. The number of likely N-dealkylation sites (tertiary alicyclic amines) is 1. The van der Waals surface area contributed by atoms with Gasteiger partial charge in [0.1, 0.15) is 17.7 Å². The number of ether oxygens (including phenoxy) is 1. The molecule has 0 N–H and O–H groups in total. The molecule has 0 amide bonds. The van der Waals surface area contributed by atoms with Gasteiger partial charge in [-0.1, -0.05) is 0 Å². The molecule has 1 aliphatic carbocycles. The van der Waals surface area contributed by atoms with Crippen molar-refractivity contribution in [1.82, 2.24) is 4.90 Å². The van der Waals surface area contributed by atoms with Crippen molar-refractivity contribution in [2.75, 3.05) is 13.1 Å². The van der Waals surface area contributed by atoms with Gasteiger partial charge in [-0.3, -0.25) is 0 Å². The number of nitrogens with zero attached hydrogens (tertiary/aromatic N) is 1. The van der Waals surface area contributed by atoms with Gasteiger partial charge in [0.25, 0.3) is 0 Å². The third kappa shape index (κ3) is 2.69. The SMILES string of the molecule is CC(C)N1CCC(Oc2ccc(F)c3c2CCC3)CC1. The fraction of sp³-hybridized carbons (Fsp3) is 0.647. The van der Waals surface area contributed by atoms with E-state index in [9.17, 15) is 4.39 Å². The van der Waals surface area contributed by atoms with Gasteiger partial charge in [-0.15, -0.1) is 0 Å². The van der Waals surface area contributed by atoms with Crippen LogP contribution in [0.5, 0.6) is 5.75 Å². The van der Waals surface area contributed by atoms with Gasteiger partial charge < -0.3 is 9.64 Å². The second-order valence-corrected chi connectivity index (χ2v) is 6.30. The van der Waals surface area contributed by atoms with Crippen LogP contribution in [-0.4, -0.2) is 30.1 Å². The molecule has 110 valence electrons. The lowest BCUT2D eigenvalue weighted by Crippen LogP contribution is -2.41. The molecule has 0 unspecified atom stereocenters. The number of rotatable bonds is 3. The van der Waals surface area contributed by atoms with Gasteiger partial charge in [0.15, 0.2) is 0 Å². The summed E-state index contributed by atoms with van der Waals surface area (Å²) in [5.74, 6) is 0.876. The minimum atomic E-state index is -0.0560. The van der Waals surface area contributed by atoms with Crippen LogP contribution in [0.1, 0.15) is 44.2 Å². The summed E-state index contributed by atoms with van der Waals surface area (Å²) < 4.78 is 19.9. The molecule has 1 fully saturated rings. The lowest BCUT2D eigenvalue weighted by atomic mass is 10.1. The summed E-state index contributed by atoms with van der Waals surface area (Å²) in [5.41, 5.74) is 2.01. The Balaban J connectivity index is 1.67. The molecule has 1 aromatic rings. The smallest absolute Gasteiger partial charge is 0.126 e. The van der Waals surface area contributed by atoms with Gasteiger partial charge in [-0.25, -0.2) is 4.39 Å². The van der Waals surface area contributed by atoms with Crippen molar-refractivity contribution in [2.45, 2.75) is 58.1 Å². The van der Waals surface area contributed by atoms with E-state index in [-0.39, 0.29) is 5.82 Å². The summed E-state index contributed by atoms with van der Waals surface area (Å²) in [4.78, 5) is 2.49. The van der Waals surface area contributed by atoms with Crippen LogP contribution in [0.2, 0.25) is 0 Å². The second-order valence-electron chi connectivity index (χ2n) is 6.30. The fourth-order valence-electron chi connectivity index (χ4n) is 3.43. The average molecular weight is 277 g/mol. The minimum Gasteiger partial charge on any atom is -0.490 e. The molecule has 0 radical (unpaired) electrons. The van der Waals surface area contributed by atoms with Gasteiger partial charge in [0.2, 0.25) is 0 Å². The summed E-state index contributed by atoms with van der Waals surface area (Å²) in [6, 6.07) is 4.02. The number of hydrogen-bond acceptors (Lipinski definition) is 2. The van der Waals surface area contributed by atoms with Crippen molar-refractivity contribution in [3.63, 3.8) is 0 Å². The molecule has 0 spiro atoms. The van der Waals surface area contributed by atoms with Crippen LogP contribution in [0.15, 0.2) is 12.1 Å². The molecule has 1 aromatic carbocycles. The molecule has 1 heterocycles. The molecule has 20 heavy (non-hydrogen) atoms. The van der Waals surface area contributed by atoms with Crippen molar-refractivity contribution in [1.29, 1.82) is 0 Å². The monoisotopic (exact) mass is 277 g/mol. The Morgan fingerprint density at radius 1 is 1.15 bits per heavy atom. The zero-order valence-corrected chi connectivity index (χ0v) is 12.5. The quantitative estimate of drug-likeness (QED) is 0.837. The topological polar surface area (TPSA) is 12.5 Å². The predicted molar refractivity (Wildman–Crippen MR) is 78.8 cm³/mol. The first-order valence-electron chi connectivity index (χ1n) is 7.86. The van der Waals surface area contributed by atoms with Gasteiger partial charge >= 0.3 is 0 Å². The Kier molecular flexibility index (Phi) is 3.97. The number of fused-ring (bicyclic) bond motifs is 1. The van der Waals surface area contributed by atoms with Crippen LogP contribution in [0.4, 0.5) is 4.39 Å². The zero-order chi connectivity index (χ0) is 14.1. The maximum Gasteiger partial charge on any atom is 0.126 e. The average Bonchev–Trinajstić information content (AvgIpc) is 2.93. The summed E-state index contributed by atoms with van der Waals surface area (Å²) in [6.07, 6.45) is 5.32. The van der Waals surface area contributed by atoms with E-state index < -0.39 is 0 Å². The fourth-order valence-corrected chi connectivity index (χ4v) is 3.43. The maximum atomic E-state index is 13.7. The number of halogens is 1. The van der Waals surface area contributed by atoms with Crippen molar-refractivity contribution < 1.29 is 9.13 Å². The summed E-state index contributed by atoms with van der Waals surface area (Å²) in [6.45, 7) is 6.69. The molecule has 3 rings (SSSR count). The molecule has 0 atom stereocenters. The molecule has 1 saturated heterocycles. The van der Waals surface area contributed by atoms with E-state index in [2.05, 4.69) is 18.7 Å². The van der Waals surface area contributed by atoms with Crippen molar-refractivity contribution in [3.05, 3.63) is 29.1 Å². The lowest BCUT2D eigenvalue weighted by molar-refractivity contribution is 0.0836. The molecule has 2 nitrogen and oxygen atoms in total. The van der Waals surface area contributed by atoms with E-state index >= 15 is 0 Å². The first kappa shape index (κ1) is 13.9. The van der Waals surface area contributed by atoms with Gasteiger partial charge in [0, 0.05) is 24.7 Å².